The van der Waals surface area contributed by atoms with Crippen LogP contribution in [0.5, 0.6) is 0 Å². The number of hydrogen-bond acceptors (Lipinski definition) is 6. The van der Waals surface area contributed by atoms with Crippen LogP contribution < -0.4 is 5.56 Å². The lowest BCUT2D eigenvalue weighted by molar-refractivity contribution is 0.0368. The van der Waals surface area contributed by atoms with Crippen LogP contribution in [-0.4, -0.2) is 58.8 Å². The maximum atomic E-state index is 13.2. The molecule has 1 saturated heterocycles. The molecule has 0 radical (unpaired) electrons. The standard InChI is InChI=1S/C25H29N3O3S/c1-2-19-8-10-20(11-9-19)23(29)18-32-25-26-22-7-4-3-6-21(22)24(30)28(25)13-5-12-27-14-16-31-17-15-27/h3-4,6-11H,2,5,12-18H2,1H3. The number of thioether (sulfide) groups is 1. The van der Waals surface area contributed by atoms with Crippen LogP contribution >= 0.6 is 11.8 Å². The summed E-state index contributed by atoms with van der Waals surface area (Å²) in [6.07, 6.45) is 1.79. The number of hydrogen-bond donors (Lipinski definition) is 0. The van der Waals surface area contributed by atoms with Crippen LogP contribution in [0.25, 0.3) is 10.9 Å². The molecule has 1 aliphatic rings. The number of carbonyl (C=O) groups excluding carboxylic acids is 1. The smallest absolute Gasteiger partial charge is 0.262 e. The number of benzene rings is 2. The third-order valence-corrected chi connectivity index (χ3v) is 6.78. The van der Waals surface area contributed by atoms with Gasteiger partial charge in [0, 0.05) is 31.7 Å². The lowest BCUT2D eigenvalue weighted by Gasteiger charge is -2.26. The largest absolute Gasteiger partial charge is 0.379 e. The van der Waals surface area contributed by atoms with Crippen LogP contribution in [0.2, 0.25) is 0 Å². The van der Waals surface area contributed by atoms with Crippen molar-refractivity contribution < 1.29 is 9.53 Å². The number of carbonyl (C=O) groups is 1. The Morgan fingerprint density at radius 2 is 1.81 bits per heavy atom. The van der Waals surface area contributed by atoms with Crippen LogP contribution in [0.3, 0.4) is 0 Å². The molecule has 1 aromatic heterocycles. The van der Waals surface area contributed by atoms with Crippen LogP contribution in [-0.2, 0) is 17.7 Å². The van der Waals surface area contributed by atoms with Crippen LogP contribution in [0, 0.1) is 0 Å². The molecular formula is C25H29N3O3S. The molecule has 2 aromatic carbocycles. The van der Waals surface area contributed by atoms with Crippen molar-refractivity contribution in [3.05, 3.63) is 70.0 Å². The average Bonchev–Trinajstić information content (AvgIpc) is 2.85. The minimum absolute atomic E-state index is 0.0416. The predicted molar refractivity (Wildman–Crippen MR) is 129 cm³/mol. The fourth-order valence-electron chi connectivity index (χ4n) is 3.87. The zero-order chi connectivity index (χ0) is 22.3. The maximum absolute atomic E-state index is 13.2. The van der Waals surface area contributed by atoms with Gasteiger partial charge in [0.25, 0.3) is 5.56 Å². The van der Waals surface area contributed by atoms with Gasteiger partial charge in [0.2, 0.25) is 0 Å². The summed E-state index contributed by atoms with van der Waals surface area (Å²) in [6.45, 7) is 6.97. The van der Waals surface area contributed by atoms with Crippen molar-refractivity contribution in [3.63, 3.8) is 0 Å². The number of para-hydroxylation sites is 1. The minimum atomic E-state index is -0.0418. The molecule has 1 fully saturated rings. The Morgan fingerprint density at radius 1 is 1.06 bits per heavy atom. The Morgan fingerprint density at radius 3 is 2.56 bits per heavy atom. The van der Waals surface area contributed by atoms with Gasteiger partial charge in [-0.2, -0.15) is 0 Å². The molecule has 1 aliphatic heterocycles. The fourth-order valence-corrected chi connectivity index (χ4v) is 4.79. The Hall–Kier alpha value is -2.48. The number of morpholine rings is 1. The number of ketones is 1. The second kappa shape index (κ2) is 10.9. The molecule has 0 atom stereocenters. The van der Waals surface area contributed by atoms with Crippen molar-refractivity contribution >= 4 is 28.4 Å². The van der Waals surface area contributed by atoms with E-state index < -0.39 is 0 Å². The van der Waals surface area contributed by atoms with Gasteiger partial charge in [-0.25, -0.2) is 4.98 Å². The third kappa shape index (κ3) is 5.46. The van der Waals surface area contributed by atoms with Crippen molar-refractivity contribution in [1.29, 1.82) is 0 Å². The van der Waals surface area contributed by atoms with Gasteiger partial charge in [-0.05, 0) is 30.5 Å². The minimum Gasteiger partial charge on any atom is -0.379 e. The summed E-state index contributed by atoms with van der Waals surface area (Å²) in [6, 6.07) is 15.2. The first-order valence-corrected chi connectivity index (χ1v) is 12.2. The molecule has 0 aliphatic carbocycles. The fraction of sp³-hybridized carbons (Fsp3) is 0.400. The molecule has 0 unspecified atom stereocenters. The normalized spacial score (nSPS) is 14.7. The molecule has 0 amide bonds. The van der Waals surface area contributed by atoms with Gasteiger partial charge < -0.3 is 4.74 Å². The number of rotatable bonds is 9. The number of nitrogens with zero attached hydrogens (tertiary/aromatic N) is 3. The Bertz CT molecular complexity index is 1120. The van der Waals surface area contributed by atoms with Gasteiger partial charge in [-0.15, -0.1) is 0 Å². The van der Waals surface area contributed by atoms with E-state index in [1.807, 2.05) is 48.5 Å². The third-order valence-electron chi connectivity index (χ3n) is 5.80. The first-order chi connectivity index (χ1) is 15.7. The van der Waals surface area contributed by atoms with E-state index in [4.69, 9.17) is 9.72 Å². The van der Waals surface area contributed by atoms with E-state index in [1.54, 1.807) is 4.57 Å². The van der Waals surface area contributed by atoms with Crippen LogP contribution in [0.4, 0.5) is 0 Å². The molecule has 168 valence electrons. The average molecular weight is 452 g/mol. The molecule has 0 N–H and O–H groups in total. The maximum Gasteiger partial charge on any atom is 0.262 e. The number of Topliss-reactive ketones (excluding diaryl/α,β-unsaturated/α-hetero) is 1. The van der Waals surface area contributed by atoms with Crippen molar-refractivity contribution in [2.24, 2.45) is 0 Å². The summed E-state index contributed by atoms with van der Waals surface area (Å²) < 4.78 is 7.15. The molecule has 4 rings (SSSR count). The van der Waals surface area contributed by atoms with E-state index >= 15 is 0 Å². The van der Waals surface area contributed by atoms with Crippen LogP contribution in [0.1, 0.15) is 29.3 Å². The predicted octanol–water partition coefficient (Wildman–Crippen LogP) is 3.66. The lowest BCUT2D eigenvalue weighted by atomic mass is 10.1. The first kappa shape index (κ1) is 22.7. The summed E-state index contributed by atoms with van der Waals surface area (Å²) in [5.74, 6) is 0.291. The topological polar surface area (TPSA) is 64.4 Å². The summed E-state index contributed by atoms with van der Waals surface area (Å²) >= 11 is 1.34. The van der Waals surface area contributed by atoms with E-state index in [2.05, 4.69) is 11.8 Å². The second-order valence-corrected chi connectivity index (χ2v) is 8.88. The van der Waals surface area contributed by atoms with E-state index in [1.165, 1.54) is 17.3 Å². The van der Waals surface area contributed by atoms with Gasteiger partial charge >= 0.3 is 0 Å². The number of ether oxygens (including phenoxy) is 1. The summed E-state index contributed by atoms with van der Waals surface area (Å²) in [5, 5.41) is 1.22. The Balaban J connectivity index is 1.51. The van der Waals surface area contributed by atoms with E-state index in [9.17, 15) is 9.59 Å². The summed E-state index contributed by atoms with van der Waals surface area (Å²) in [4.78, 5) is 33.0. The van der Waals surface area contributed by atoms with Gasteiger partial charge in [-0.1, -0.05) is 55.1 Å². The molecule has 2 heterocycles. The van der Waals surface area contributed by atoms with E-state index in [0.29, 0.717) is 28.2 Å². The zero-order valence-corrected chi connectivity index (χ0v) is 19.3. The van der Waals surface area contributed by atoms with Crippen LogP contribution in [0.15, 0.2) is 58.5 Å². The van der Waals surface area contributed by atoms with Gasteiger partial charge in [-0.3, -0.25) is 19.1 Å². The molecule has 3 aromatic rings. The molecule has 6 nitrogen and oxygen atoms in total. The molecular weight excluding hydrogens is 422 g/mol. The van der Waals surface area contributed by atoms with Crippen molar-refractivity contribution in [2.75, 3.05) is 38.6 Å². The highest BCUT2D eigenvalue weighted by atomic mass is 32.2. The highest BCUT2D eigenvalue weighted by Crippen LogP contribution is 2.20. The molecule has 0 saturated carbocycles. The van der Waals surface area contributed by atoms with Gasteiger partial charge in [0.05, 0.1) is 29.9 Å². The number of aromatic nitrogens is 2. The van der Waals surface area contributed by atoms with Gasteiger partial charge in [0.1, 0.15) is 0 Å². The molecule has 0 spiro atoms. The van der Waals surface area contributed by atoms with Gasteiger partial charge in [0.15, 0.2) is 10.9 Å². The quantitative estimate of drug-likeness (QED) is 0.281. The number of fused-ring (bicyclic) bond motifs is 1. The van der Waals surface area contributed by atoms with Crippen molar-refractivity contribution in [2.45, 2.75) is 31.5 Å². The Labute approximate surface area is 192 Å². The van der Waals surface area contributed by atoms with Crippen molar-refractivity contribution in [1.82, 2.24) is 14.5 Å². The summed E-state index contributed by atoms with van der Waals surface area (Å²) in [5.41, 5.74) is 2.53. The second-order valence-electron chi connectivity index (χ2n) is 7.94. The number of aryl methyl sites for hydroxylation is 1. The lowest BCUT2D eigenvalue weighted by Crippen LogP contribution is -2.37. The Kier molecular flexibility index (Phi) is 7.73. The van der Waals surface area contributed by atoms with Crippen molar-refractivity contribution in [3.8, 4) is 0 Å². The molecule has 0 bridgehead atoms. The van der Waals surface area contributed by atoms with E-state index in [0.717, 1.165) is 45.7 Å². The molecule has 32 heavy (non-hydrogen) atoms. The highest BCUT2D eigenvalue weighted by Gasteiger charge is 2.15. The molecule has 7 heteroatoms. The zero-order valence-electron chi connectivity index (χ0n) is 18.5. The summed E-state index contributed by atoms with van der Waals surface area (Å²) in [7, 11) is 0. The van der Waals surface area contributed by atoms with E-state index in [-0.39, 0.29) is 17.1 Å². The SMILES string of the molecule is CCc1ccc(C(=O)CSc2nc3ccccc3c(=O)n2CCCN2CCOCC2)cc1. The monoisotopic (exact) mass is 451 g/mol. The highest BCUT2D eigenvalue weighted by molar-refractivity contribution is 7.99. The first-order valence-electron chi connectivity index (χ1n) is 11.2.